The average Bonchev–Trinajstić information content (AvgIpc) is 2.96. The van der Waals surface area contributed by atoms with Crippen molar-refractivity contribution in [2.24, 2.45) is 39.4 Å². The molecule has 0 aromatic carbocycles. The second-order valence-electron chi connectivity index (χ2n) is 13.4. The number of carbonyl (C=O) groups excluding carboxylic acids is 3. The van der Waals surface area contributed by atoms with Gasteiger partial charge in [-0.2, -0.15) is 0 Å². The van der Waals surface area contributed by atoms with Crippen LogP contribution in [0.4, 0.5) is 0 Å². The molecule has 36 heavy (non-hydrogen) atoms. The zero-order valence-corrected chi connectivity index (χ0v) is 22.8. The van der Waals surface area contributed by atoms with Gasteiger partial charge < -0.3 is 15.3 Å². The quantitative estimate of drug-likeness (QED) is 0.476. The van der Waals surface area contributed by atoms with Crippen LogP contribution < -0.4 is 0 Å². The van der Waals surface area contributed by atoms with E-state index >= 15 is 0 Å². The molecule has 8 atom stereocenters. The van der Waals surface area contributed by atoms with Gasteiger partial charge in [-0.3, -0.25) is 14.4 Å². The Balaban J connectivity index is 1.81. The van der Waals surface area contributed by atoms with E-state index in [9.17, 15) is 29.7 Å². The summed E-state index contributed by atoms with van der Waals surface area (Å²) in [6.07, 6.45) is 4.27. The molecule has 0 heterocycles. The van der Waals surface area contributed by atoms with E-state index in [0.29, 0.717) is 19.3 Å². The Kier molecular flexibility index (Phi) is 5.98. The molecule has 0 amide bonds. The molecule has 6 heteroatoms. The summed E-state index contributed by atoms with van der Waals surface area (Å²) in [7, 11) is 0. The molecule has 6 nitrogen and oxygen atoms in total. The predicted molar refractivity (Wildman–Crippen MR) is 137 cm³/mol. The molecular weight excluding hydrogens is 456 g/mol. The maximum Gasteiger partial charge on any atom is 0.206 e. The van der Waals surface area contributed by atoms with E-state index < -0.39 is 45.2 Å². The van der Waals surface area contributed by atoms with E-state index in [4.69, 9.17) is 0 Å². The van der Waals surface area contributed by atoms with Crippen molar-refractivity contribution in [3.05, 3.63) is 35.6 Å². The van der Waals surface area contributed by atoms with Crippen LogP contribution in [0.15, 0.2) is 35.6 Å². The molecule has 4 aliphatic carbocycles. The van der Waals surface area contributed by atoms with E-state index in [1.165, 1.54) is 6.92 Å². The first kappa shape index (κ1) is 27.0. The molecule has 0 spiro atoms. The Morgan fingerprint density at radius 2 is 1.75 bits per heavy atom. The zero-order valence-electron chi connectivity index (χ0n) is 22.8. The van der Waals surface area contributed by atoms with Crippen LogP contribution in [0.25, 0.3) is 0 Å². The molecule has 2 saturated carbocycles. The Morgan fingerprint density at radius 3 is 2.33 bits per heavy atom. The molecule has 198 valence electrons. The van der Waals surface area contributed by atoms with Crippen molar-refractivity contribution in [2.75, 3.05) is 0 Å². The normalized spacial score (nSPS) is 42.9. The van der Waals surface area contributed by atoms with Gasteiger partial charge in [0.15, 0.2) is 11.5 Å². The third-order valence-electron chi connectivity index (χ3n) is 11.0. The summed E-state index contributed by atoms with van der Waals surface area (Å²) >= 11 is 0. The third kappa shape index (κ3) is 3.26. The third-order valence-corrected chi connectivity index (χ3v) is 11.0. The summed E-state index contributed by atoms with van der Waals surface area (Å²) in [6, 6.07) is 0. The van der Waals surface area contributed by atoms with Crippen molar-refractivity contribution < 1.29 is 29.7 Å². The number of ketones is 3. The highest BCUT2D eigenvalue weighted by Gasteiger charge is 2.74. The van der Waals surface area contributed by atoms with Crippen LogP contribution in [0.2, 0.25) is 0 Å². The first-order valence-electron chi connectivity index (χ1n) is 13.1. The first-order valence-corrected chi connectivity index (χ1v) is 13.1. The fourth-order valence-electron chi connectivity index (χ4n) is 8.73. The summed E-state index contributed by atoms with van der Waals surface area (Å²) in [5.41, 5.74) is -3.24. The van der Waals surface area contributed by atoms with Crippen LogP contribution in [-0.2, 0) is 14.4 Å². The number of hydrogen-bond donors (Lipinski definition) is 3. The molecule has 4 rings (SSSR count). The van der Waals surface area contributed by atoms with Crippen molar-refractivity contribution in [2.45, 2.75) is 92.3 Å². The number of aliphatic hydroxyl groups excluding tert-OH is 2. The van der Waals surface area contributed by atoms with Gasteiger partial charge in [0.2, 0.25) is 5.78 Å². The van der Waals surface area contributed by atoms with Crippen molar-refractivity contribution in [3.8, 4) is 0 Å². The van der Waals surface area contributed by atoms with Crippen LogP contribution >= 0.6 is 0 Å². The summed E-state index contributed by atoms with van der Waals surface area (Å²) in [5, 5.41) is 33.6. The monoisotopic (exact) mass is 498 g/mol. The van der Waals surface area contributed by atoms with Gasteiger partial charge in [0.25, 0.3) is 0 Å². The largest absolute Gasteiger partial charge is 0.505 e. The van der Waals surface area contributed by atoms with Gasteiger partial charge in [-0.25, -0.2) is 0 Å². The summed E-state index contributed by atoms with van der Waals surface area (Å²) in [4.78, 5) is 40.1. The van der Waals surface area contributed by atoms with Gasteiger partial charge in [-0.05, 0) is 69.8 Å². The first-order chi connectivity index (χ1) is 16.4. The lowest BCUT2D eigenvalue weighted by Gasteiger charge is -2.63. The lowest BCUT2D eigenvalue weighted by atomic mass is 9.39. The Bertz CT molecular complexity index is 1110. The molecule has 3 N–H and O–H groups in total. The number of carbonyl (C=O) groups is 3. The van der Waals surface area contributed by atoms with Gasteiger partial charge in [0.1, 0.15) is 11.4 Å². The van der Waals surface area contributed by atoms with E-state index in [0.717, 1.165) is 11.1 Å². The lowest BCUT2D eigenvalue weighted by Crippen LogP contribution is -2.64. The van der Waals surface area contributed by atoms with Gasteiger partial charge >= 0.3 is 0 Å². The van der Waals surface area contributed by atoms with Crippen LogP contribution in [0, 0.1) is 39.4 Å². The van der Waals surface area contributed by atoms with Crippen molar-refractivity contribution in [3.63, 3.8) is 0 Å². The number of rotatable bonds is 5. The maximum atomic E-state index is 14.2. The van der Waals surface area contributed by atoms with E-state index in [-0.39, 0.29) is 41.9 Å². The van der Waals surface area contributed by atoms with E-state index in [1.807, 2.05) is 20.8 Å². The molecule has 0 aromatic rings. The second kappa shape index (κ2) is 7.97. The molecule has 0 aliphatic heterocycles. The maximum absolute atomic E-state index is 14.2. The summed E-state index contributed by atoms with van der Waals surface area (Å²) in [5.74, 6) is -2.41. The molecule has 0 bridgehead atoms. The molecule has 0 unspecified atom stereocenters. The number of Topliss-reactive ketones (excluding diaryl/α,β-unsaturated/α-hetero) is 3. The minimum Gasteiger partial charge on any atom is -0.505 e. The van der Waals surface area contributed by atoms with Gasteiger partial charge in [-0.1, -0.05) is 38.0 Å². The molecule has 4 aliphatic rings. The highest BCUT2D eigenvalue weighted by Crippen LogP contribution is 2.73. The SMILES string of the molecule is C=C(C)CCC(=O)[C@](C)(O)[C@H]1[C@H](O)C[C@@]2(C)[C@@H]3CC=C4[C@@H](C=C(O)C(=O)C4(C)C)[C@]3(C)C(=O)C[C@]12C. The molecule has 0 aromatic heterocycles. The lowest BCUT2D eigenvalue weighted by molar-refractivity contribution is -0.180. The number of allylic oxidation sites excluding steroid dienone is 5. The number of hydrogen-bond acceptors (Lipinski definition) is 6. The van der Waals surface area contributed by atoms with Crippen molar-refractivity contribution >= 4 is 17.3 Å². The molecule has 2 fully saturated rings. The summed E-state index contributed by atoms with van der Waals surface area (Å²) < 4.78 is 0. The highest BCUT2D eigenvalue weighted by molar-refractivity contribution is 6.02. The number of aliphatic hydroxyl groups is 3. The zero-order chi connectivity index (χ0) is 27.2. The minimum absolute atomic E-state index is 0.0124. The van der Waals surface area contributed by atoms with Gasteiger partial charge in [-0.15, -0.1) is 6.58 Å². The molecule has 0 radical (unpaired) electrons. The Morgan fingerprint density at radius 1 is 1.14 bits per heavy atom. The van der Waals surface area contributed by atoms with Crippen molar-refractivity contribution in [1.82, 2.24) is 0 Å². The van der Waals surface area contributed by atoms with Crippen molar-refractivity contribution in [1.29, 1.82) is 0 Å². The predicted octanol–water partition coefficient (Wildman–Crippen LogP) is 4.65. The second-order valence-corrected chi connectivity index (χ2v) is 13.4. The molecule has 0 saturated heterocycles. The van der Waals surface area contributed by atoms with Crippen LogP contribution in [0.1, 0.15) is 80.6 Å². The summed E-state index contributed by atoms with van der Waals surface area (Å²) in [6.45, 7) is 16.7. The van der Waals surface area contributed by atoms with Gasteiger partial charge in [0.05, 0.1) is 11.5 Å². The van der Waals surface area contributed by atoms with E-state index in [2.05, 4.69) is 19.6 Å². The van der Waals surface area contributed by atoms with Gasteiger partial charge in [0, 0.05) is 30.1 Å². The van der Waals surface area contributed by atoms with Crippen LogP contribution in [-0.4, -0.2) is 44.4 Å². The average molecular weight is 499 g/mol. The van der Waals surface area contributed by atoms with E-state index in [1.54, 1.807) is 19.9 Å². The van der Waals surface area contributed by atoms with Crippen LogP contribution in [0.5, 0.6) is 0 Å². The standard InChI is InChI=1S/C30H42O6/c1-16(2)9-12-22(33)30(8,36)24-20(32)14-27(5)21-11-10-17-18(13-19(31)25(35)26(17,3)4)29(21,7)23(34)15-28(24,27)6/h10,13,18,20-21,24,31-32,36H,1,9,11-12,14-15H2,2-8H3/t18-,20-,21+,24+,27+,28-,29+,30+/m1/s1. The Hall–Kier alpha value is -2.05. The smallest absolute Gasteiger partial charge is 0.206 e. The highest BCUT2D eigenvalue weighted by atomic mass is 16.3. The fraction of sp³-hybridized carbons (Fsp3) is 0.700. The topological polar surface area (TPSA) is 112 Å². The minimum atomic E-state index is -1.79. The van der Waals surface area contributed by atoms with Crippen LogP contribution in [0.3, 0.4) is 0 Å². The Labute approximate surface area is 214 Å². The molecular formula is C30H42O6. The fourth-order valence-corrected chi connectivity index (χ4v) is 8.73. The number of fused-ring (bicyclic) bond motifs is 5.